The van der Waals surface area contributed by atoms with Crippen molar-refractivity contribution in [1.82, 2.24) is 0 Å². The van der Waals surface area contributed by atoms with Gasteiger partial charge in [-0.25, -0.2) is 4.39 Å². The lowest BCUT2D eigenvalue weighted by Crippen LogP contribution is -2.15. The maximum Gasteiger partial charge on any atom is 0.250 e. The van der Waals surface area contributed by atoms with Crippen LogP contribution in [-0.4, -0.2) is 12.5 Å². The summed E-state index contributed by atoms with van der Waals surface area (Å²) in [6, 6.07) is 2.49. The quantitative estimate of drug-likeness (QED) is 0.673. The van der Waals surface area contributed by atoms with Crippen molar-refractivity contribution in [3.8, 4) is 0 Å². The summed E-state index contributed by atoms with van der Waals surface area (Å²) in [5, 5.41) is 2.96. The van der Waals surface area contributed by atoms with Crippen molar-refractivity contribution in [1.29, 1.82) is 0 Å². The number of anilines is 2. The second-order valence-electron chi connectivity index (χ2n) is 4.11. The summed E-state index contributed by atoms with van der Waals surface area (Å²) in [6.45, 7) is 0.721. The molecule has 1 fully saturated rings. The third-order valence-electron chi connectivity index (χ3n) is 2.68. The van der Waals surface area contributed by atoms with Crippen LogP contribution in [-0.2, 0) is 0 Å². The van der Waals surface area contributed by atoms with Crippen molar-refractivity contribution >= 4 is 17.3 Å². The van der Waals surface area contributed by atoms with Crippen molar-refractivity contribution in [2.45, 2.75) is 12.8 Å². The summed E-state index contributed by atoms with van der Waals surface area (Å²) in [6.07, 6.45) is 2.35. The van der Waals surface area contributed by atoms with Crippen molar-refractivity contribution in [2.75, 3.05) is 17.6 Å². The van der Waals surface area contributed by atoms with Gasteiger partial charge in [-0.2, -0.15) is 0 Å². The van der Waals surface area contributed by atoms with Gasteiger partial charge in [0, 0.05) is 12.2 Å². The fourth-order valence-electron chi connectivity index (χ4n) is 1.51. The lowest BCUT2D eigenvalue weighted by Gasteiger charge is -2.09. The molecular weight excluding hydrogens is 209 g/mol. The van der Waals surface area contributed by atoms with Crippen molar-refractivity contribution in [2.24, 2.45) is 11.7 Å². The summed E-state index contributed by atoms with van der Waals surface area (Å²) in [7, 11) is 0. The SMILES string of the molecule is NC(=O)c1cc(NCC2CC2)c(F)cc1N. The van der Waals surface area contributed by atoms with Crippen LogP contribution in [0, 0.1) is 11.7 Å². The van der Waals surface area contributed by atoms with E-state index in [0.29, 0.717) is 5.92 Å². The largest absolute Gasteiger partial charge is 0.398 e. The zero-order valence-corrected chi connectivity index (χ0v) is 8.79. The molecule has 1 aromatic rings. The Morgan fingerprint density at radius 3 is 2.75 bits per heavy atom. The molecule has 0 saturated heterocycles. The normalized spacial score (nSPS) is 14.8. The van der Waals surface area contributed by atoms with Crippen LogP contribution in [0.15, 0.2) is 12.1 Å². The smallest absolute Gasteiger partial charge is 0.250 e. The molecule has 0 bridgehead atoms. The van der Waals surface area contributed by atoms with E-state index in [4.69, 9.17) is 11.5 Å². The Labute approximate surface area is 92.8 Å². The van der Waals surface area contributed by atoms with Gasteiger partial charge in [-0.15, -0.1) is 0 Å². The van der Waals surface area contributed by atoms with E-state index in [1.807, 2.05) is 0 Å². The minimum Gasteiger partial charge on any atom is -0.398 e. The molecule has 1 aromatic carbocycles. The van der Waals surface area contributed by atoms with Crippen LogP contribution in [0.4, 0.5) is 15.8 Å². The number of primary amides is 1. The topological polar surface area (TPSA) is 81.1 Å². The average Bonchev–Trinajstić information content (AvgIpc) is 2.99. The zero-order chi connectivity index (χ0) is 11.7. The molecule has 0 spiro atoms. The first-order chi connectivity index (χ1) is 7.58. The summed E-state index contributed by atoms with van der Waals surface area (Å²) in [4.78, 5) is 11.0. The first-order valence-electron chi connectivity index (χ1n) is 5.20. The first kappa shape index (κ1) is 10.7. The van der Waals surface area contributed by atoms with Crippen LogP contribution in [0.3, 0.4) is 0 Å². The van der Waals surface area contributed by atoms with Gasteiger partial charge >= 0.3 is 0 Å². The van der Waals surface area contributed by atoms with Crippen molar-refractivity contribution < 1.29 is 9.18 Å². The number of benzene rings is 1. The average molecular weight is 223 g/mol. The van der Waals surface area contributed by atoms with E-state index in [1.165, 1.54) is 18.9 Å². The predicted molar refractivity (Wildman–Crippen MR) is 60.5 cm³/mol. The molecule has 86 valence electrons. The van der Waals surface area contributed by atoms with E-state index in [2.05, 4.69) is 5.32 Å². The number of nitrogens with one attached hydrogen (secondary N) is 1. The van der Waals surface area contributed by atoms with Crippen LogP contribution < -0.4 is 16.8 Å². The third kappa shape index (κ3) is 2.24. The van der Waals surface area contributed by atoms with Crippen LogP contribution in [0.5, 0.6) is 0 Å². The van der Waals surface area contributed by atoms with E-state index in [9.17, 15) is 9.18 Å². The molecule has 0 aromatic heterocycles. The van der Waals surface area contributed by atoms with Crippen molar-refractivity contribution in [3.05, 3.63) is 23.5 Å². The fourth-order valence-corrected chi connectivity index (χ4v) is 1.51. The van der Waals surface area contributed by atoms with Gasteiger partial charge in [0.2, 0.25) is 0 Å². The molecule has 2 rings (SSSR count). The molecule has 16 heavy (non-hydrogen) atoms. The number of carbonyl (C=O) groups excluding carboxylic acids is 1. The molecule has 1 amide bonds. The number of hydrogen-bond acceptors (Lipinski definition) is 3. The molecule has 0 radical (unpaired) electrons. The maximum absolute atomic E-state index is 13.5. The predicted octanol–water partition coefficient (Wildman–Crippen LogP) is 1.33. The summed E-state index contributed by atoms with van der Waals surface area (Å²) >= 11 is 0. The second kappa shape index (κ2) is 4.00. The Morgan fingerprint density at radius 1 is 1.50 bits per heavy atom. The summed E-state index contributed by atoms with van der Waals surface area (Å²) in [5.41, 5.74) is 11.1. The Morgan fingerprint density at radius 2 is 2.19 bits per heavy atom. The molecule has 0 atom stereocenters. The first-order valence-corrected chi connectivity index (χ1v) is 5.20. The van der Waals surface area contributed by atoms with E-state index in [-0.39, 0.29) is 16.9 Å². The van der Waals surface area contributed by atoms with Gasteiger partial charge in [0.1, 0.15) is 5.82 Å². The molecule has 0 heterocycles. The van der Waals surface area contributed by atoms with Gasteiger partial charge in [0.25, 0.3) is 5.91 Å². The standard InChI is InChI=1S/C11H14FN3O/c12-8-4-9(13)7(11(14)16)3-10(8)15-5-6-1-2-6/h3-4,6,15H,1-2,5,13H2,(H2,14,16). The summed E-state index contributed by atoms with van der Waals surface area (Å²) in [5.74, 6) is -0.482. The minimum absolute atomic E-state index is 0.0713. The van der Waals surface area contributed by atoms with Crippen LogP contribution in [0.25, 0.3) is 0 Å². The Balaban J connectivity index is 2.21. The molecular formula is C11H14FN3O. The van der Waals surface area contributed by atoms with E-state index >= 15 is 0 Å². The Hall–Kier alpha value is -1.78. The van der Waals surface area contributed by atoms with Gasteiger partial charge < -0.3 is 16.8 Å². The highest BCUT2D eigenvalue weighted by Gasteiger charge is 2.21. The molecule has 1 aliphatic rings. The van der Waals surface area contributed by atoms with Crippen LogP contribution >= 0.6 is 0 Å². The van der Waals surface area contributed by atoms with Gasteiger partial charge in [0.15, 0.2) is 0 Å². The number of carbonyl (C=O) groups is 1. The zero-order valence-electron chi connectivity index (χ0n) is 8.79. The Bertz CT molecular complexity index is 429. The highest BCUT2D eigenvalue weighted by Crippen LogP contribution is 2.30. The van der Waals surface area contributed by atoms with Gasteiger partial charge in [-0.05, 0) is 30.9 Å². The van der Waals surface area contributed by atoms with Crippen molar-refractivity contribution in [3.63, 3.8) is 0 Å². The number of amides is 1. The monoisotopic (exact) mass is 223 g/mol. The molecule has 1 saturated carbocycles. The third-order valence-corrected chi connectivity index (χ3v) is 2.68. The molecule has 4 nitrogen and oxygen atoms in total. The van der Waals surface area contributed by atoms with Crippen LogP contribution in [0.1, 0.15) is 23.2 Å². The second-order valence-corrected chi connectivity index (χ2v) is 4.11. The highest BCUT2D eigenvalue weighted by atomic mass is 19.1. The number of hydrogen-bond donors (Lipinski definition) is 3. The Kier molecular flexibility index (Phi) is 2.68. The van der Waals surface area contributed by atoms with Gasteiger partial charge in [-0.3, -0.25) is 4.79 Å². The van der Waals surface area contributed by atoms with Crippen LogP contribution in [0.2, 0.25) is 0 Å². The van der Waals surface area contributed by atoms with E-state index in [1.54, 1.807) is 0 Å². The highest BCUT2D eigenvalue weighted by molar-refractivity contribution is 5.99. The molecule has 0 aliphatic heterocycles. The number of halogens is 1. The van der Waals surface area contributed by atoms with E-state index < -0.39 is 11.7 Å². The maximum atomic E-state index is 13.5. The lowest BCUT2D eigenvalue weighted by molar-refractivity contribution is 0.100. The minimum atomic E-state index is -0.646. The molecule has 0 unspecified atom stereocenters. The number of nitrogens with two attached hydrogens (primary N) is 2. The molecule has 1 aliphatic carbocycles. The molecule has 5 heteroatoms. The van der Waals surface area contributed by atoms with Gasteiger partial charge in [0.05, 0.1) is 11.3 Å². The summed E-state index contributed by atoms with van der Waals surface area (Å²) < 4.78 is 13.5. The van der Waals surface area contributed by atoms with E-state index in [0.717, 1.165) is 12.6 Å². The fraction of sp³-hybridized carbons (Fsp3) is 0.364. The lowest BCUT2D eigenvalue weighted by atomic mass is 10.1. The van der Waals surface area contributed by atoms with Gasteiger partial charge in [-0.1, -0.05) is 0 Å². The number of nitrogen functional groups attached to an aromatic ring is 1. The number of rotatable bonds is 4. The molecule has 5 N–H and O–H groups in total.